The smallest absolute Gasteiger partial charge is 0.419 e. The van der Waals surface area contributed by atoms with Crippen molar-refractivity contribution in [3.05, 3.63) is 37.4 Å². The molecule has 0 spiro atoms. The average molecular weight is 250 g/mol. The van der Waals surface area contributed by atoms with E-state index in [9.17, 15) is 9.59 Å². The van der Waals surface area contributed by atoms with Gasteiger partial charge in [-0.15, -0.1) is 0 Å². The van der Waals surface area contributed by atoms with Crippen LogP contribution in [0.3, 0.4) is 0 Å². The fourth-order valence-electron chi connectivity index (χ4n) is 1.14. The molecule has 0 radical (unpaired) electrons. The van der Waals surface area contributed by atoms with Crippen LogP contribution >= 0.6 is 0 Å². The molecular formula is C10H10N4O4. The summed E-state index contributed by atoms with van der Waals surface area (Å²) in [6, 6.07) is 0. The zero-order valence-corrected chi connectivity index (χ0v) is 9.30. The molecule has 2 heterocycles. The molecule has 18 heavy (non-hydrogen) atoms. The van der Waals surface area contributed by atoms with E-state index in [-0.39, 0.29) is 13.2 Å². The first-order valence-corrected chi connectivity index (χ1v) is 5.07. The van der Waals surface area contributed by atoms with Gasteiger partial charge in [-0.2, -0.15) is 0 Å². The maximum absolute atomic E-state index is 11.3. The number of aromatic nitrogens is 4. The standard InChI is InChI=1S/C10H10N4O4/c15-9(13-3-1-11-7-13)17-5-6-18-10(16)14-4-2-12-8-14/h1-4,7-8H,5-6H2. The molecule has 2 aromatic rings. The zero-order chi connectivity index (χ0) is 12.8. The zero-order valence-electron chi connectivity index (χ0n) is 9.30. The summed E-state index contributed by atoms with van der Waals surface area (Å²) < 4.78 is 12.0. The van der Waals surface area contributed by atoms with Crippen molar-refractivity contribution in [3.63, 3.8) is 0 Å². The van der Waals surface area contributed by atoms with Crippen LogP contribution in [0.25, 0.3) is 0 Å². The number of nitrogens with zero attached hydrogens (tertiary/aromatic N) is 4. The number of imidazole rings is 2. The number of carbonyl (C=O) groups is 2. The largest absolute Gasteiger partial charge is 0.445 e. The van der Waals surface area contributed by atoms with Crippen molar-refractivity contribution in [1.29, 1.82) is 0 Å². The highest BCUT2D eigenvalue weighted by Crippen LogP contribution is 1.92. The second kappa shape index (κ2) is 5.62. The molecule has 2 rings (SSSR count). The van der Waals surface area contributed by atoms with Gasteiger partial charge in [-0.3, -0.25) is 0 Å². The lowest BCUT2D eigenvalue weighted by molar-refractivity contribution is 0.0970. The summed E-state index contributed by atoms with van der Waals surface area (Å²) in [4.78, 5) is 30.0. The van der Waals surface area contributed by atoms with Crippen LogP contribution in [-0.2, 0) is 9.47 Å². The molecule has 2 aromatic heterocycles. The van der Waals surface area contributed by atoms with Gasteiger partial charge in [-0.25, -0.2) is 28.7 Å². The van der Waals surface area contributed by atoms with Crippen LogP contribution in [0.4, 0.5) is 9.59 Å². The molecule has 0 fully saturated rings. The molecule has 8 heteroatoms. The normalized spacial score (nSPS) is 10.0. The molecule has 0 aliphatic rings. The van der Waals surface area contributed by atoms with Crippen LogP contribution in [0.15, 0.2) is 37.4 Å². The summed E-state index contributed by atoms with van der Waals surface area (Å²) in [6.45, 7) is -0.0606. The Labute approximate surface area is 102 Å². The predicted octanol–water partition coefficient (Wildman–Crippen LogP) is 0.749. The second-order valence-corrected chi connectivity index (χ2v) is 3.17. The minimum absolute atomic E-state index is 0.0303. The van der Waals surface area contributed by atoms with E-state index < -0.39 is 12.2 Å². The van der Waals surface area contributed by atoms with Gasteiger partial charge >= 0.3 is 12.2 Å². The Bertz CT molecular complexity index is 458. The van der Waals surface area contributed by atoms with Gasteiger partial charge in [-0.05, 0) is 0 Å². The van der Waals surface area contributed by atoms with Crippen LogP contribution in [0.1, 0.15) is 0 Å². The van der Waals surface area contributed by atoms with E-state index in [1.165, 1.54) is 46.6 Å². The predicted molar refractivity (Wildman–Crippen MR) is 57.9 cm³/mol. The van der Waals surface area contributed by atoms with Gasteiger partial charge in [0.05, 0.1) is 0 Å². The Balaban J connectivity index is 1.67. The lowest BCUT2D eigenvalue weighted by atomic mass is 10.7. The quantitative estimate of drug-likeness (QED) is 0.747. The summed E-state index contributed by atoms with van der Waals surface area (Å²) in [5.74, 6) is 0. The van der Waals surface area contributed by atoms with Gasteiger partial charge < -0.3 is 9.47 Å². The van der Waals surface area contributed by atoms with Gasteiger partial charge in [0.1, 0.15) is 25.9 Å². The molecule has 0 aliphatic carbocycles. The van der Waals surface area contributed by atoms with Crippen molar-refractivity contribution in [2.75, 3.05) is 13.2 Å². The van der Waals surface area contributed by atoms with E-state index in [1.54, 1.807) is 0 Å². The lowest BCUT2D eigenvalue weighted by Gasteiger charge is -2.06. The van der Waals surface area contributed by atoms with Crippen molar-refractivity contribution in [2.45, 2.75) is 0 Å². The SMILES string of the molecule is O=C(OCCOC(=O)n1ccnc1)n1ccnc1. The third-order valence-corrected chi connectivity index (χ3v) is 1.96. The van der Waals surface area contributed by atoms with E-state index in [0.29, 0.717) is 0 Å². The maximum Gasteiger partial charge on any atom is 0.419 e. The lowest BCUT2D eigenvalue weighted by Crippen LogP contribution is -2.19. The number of hydrogen-bond donors (Lipinski definition) is 0. The highest BCUT2D eigenvalue weighted by atomic mass is 16.6. The van der Waals surface area contributed by atoms with Crippen LogP contribution in [0.5, 0.6) is 0 Å². The van der Waals surface area contributed by atoms with Crippen LogP contribution in [0, 0.1) is 0 Å². The molecule has 0 aliphatic heterocycles. The number of ether oxygens (including phenoxy) is 2. The summed E-state index contributed by atoms with van der Waals surface area (Å²) in [7, 11) is 0. The van der Waals surface area contributed by atoms with Gasteiger partial charge in [-0.1, -0.05) is 0 Å². The molecule has 0 amide bonds. The Hall–Kier alpha value is -2.64. The third kappa shape index (κ3) is 2.94. The first kappa shape index (κ1) is 11.8. The summed E-state index contributed by atoms with van der Waals surface area (Å²) >= 11 is 0. The molecule has 0 saturated heterocycles. The summed E-state index contributed by atoms with van der Waals surface area (Å²) in [5, 5.41) is 0. The molecule has 94 valence electrons. The number of hydrogen-bond acceptors (Lipinski definition) is 6. The van der Waals surface area contributed by atoms with Crippen LogP contribution in [-0.4, -0.2) is 44.5 Å². The Morgan fingerprint density at radius 1 is 0.889 bits per heavy atom. The molecule has 0 atom stereocenters. The monoisotopic (exact) mass is 250 g/mol. The first-order valence-electron chi connectivity index (χ1n) is 5.07. The van der Waals surface area contributed by atoms with Crippen molar-refractivity contribution in [3.8, 4) is 0 Å². The number of carbonyl (C=O) groups excluding carboxylic acids is 2. The van der Waals surface area contributed by atoms with Crippen molar-refractivity contribution in [2.24, 2.45) is 0 Å². The highest BCUT2D eigenvalue weighted by molar-refractivity contribution is 5.70. The van der Waals surface area contributed by atoms with E-state index in [0.717, 1.165) is 0 Å². The molecule has 0 saturated carbocycles. The molecule has 0 aromatic carbocycles. The molecular weight excluding hydrogens is 240 g/mol. The molecule has 0 unspecified atom stereocenters. The average Bonchev–Trinajstić information content (AvgIpc) is 3.05. The van der Waals surface area contributed by atoms with Gasteiger partial charge in [0, 0.05) is 24.8 Å². The number of rotatable bonds is 3. The van der Waals surface area contributed by atoms with E-state index in [2.05, 4.69) is 9.97 Å². The van der Waals surface area contributed by atoms with Crippen molar-refractivity contribution in [1.82, 2.24) is 19.1 Å². The van der Waals surface area contributed by atoms with Crippen molar-refractivity contribution >= 4 is 12.2 Å². The fraction of sp³-hybridized carbons (Fsp3) is 0.200. The fourth-order valence-corrected chi connectivity index (χ4v) is 1.14. The van der Waals surface area contributed by atoms with E-state index in [1.807, 2.05) is 0 Å². The Morgan fingerprint density at radius 3 is 1.67 bits per heavy atom. The van der Waals surface area contributed by atoms with Crippen LogP contribution < -0.4 is 0 Å². The summed E-state index contributed by atoms with van der Waals surface area (Å²) in [5.41, 5.74) is 0. The van der Waals surface area contributed by atoms with Gasteiger partial charge in [0.25, 0.3) is 0 Å². The highest BCUT2D eigenvalue weighted by Gasteiger charge is 2.07. The maximum atomic E-state index is 11.3. The third-order valence-electron chi connectivity index (χ3n) is 1.96. The van der Waals surface area contributed by atoms with Crippen LogP contribution in [0.2, 0.25) is 0 Å². The molecule has 0 N–H and O–H groups in total. The van der Waals surface area contributed by atoms with E-state index in [4.69, 9.17) is 9.47 Å². The molecule has 0 bridgehead atoms. The van der Waals surface area contributed by atoms with Gasteiger partial charge in [0.15, 0.2) is 0 Å². The van der Waals surface area contributed by atoms with E-state index >= 15 is 0 Å². The Kier molecular flexibility index (Phi) is 3.69. The van der Waals surface area contributed by atoms with Crippen molar-refractivity contribution < 1.29 is 19.1 Å². The van der Waals surface area contributed by atoms with Gasteiger partial charge in [0.2, 0.25) is 0 Å². The first-order chi connectivity index (χ1) is 8.77. The molecule has 8 nitrogen and oxygen atoms in total. The second-order valence-electron chi connectivity index (χ2n) is 3.17. The topological polar surface area (TPSA) is 88.2 Å². The summed E-state index contributed by atoms with van der Waals surface area (Å²) in [6.07, 6.45) is 7.32. The minimum atomic E-state index is -0.578. The minimum Gasteiger partial charge on any atom is -0.445 e. The Morgan fingerprint density at radius 2 is 1.33 bits per heavy atom.